The summed E-state index contributed by atoms with van der Waals surface area (Å²) in [5, 5.41) is 4.27. The van der Waals surface area contributed by atoms with Gasteiger partial charge in [0.2, 0.25) is 0 Å². The fraction of sp³-hybridized carbons (Fsp3) is 0.111. The van der Waals surface area contributed by atoms with Gasteiger partial charge in [-0.2, -0.15) is 0 Å². The predicted molar refractivity (Wildman–Crippen MR) is 473 cm³/mol. The smallest absolute Gasteiger partial charge is 0.167 e. The Balaban J connectivity index is 0.000000141. The number of furan rings is 2. The number of para-hydroxylation sites is 3. The van der Waals surface area contributed by atoms with Gasteiger partial charge >= 0.3 is 0 Å². The molecule has 552 valence electrons. The van der Waals surface area contributed by atoms with Crippen LogP contribution >= 0.6 is 0 Å². The molecule has 4 aliphatic rings. The van der Waals surface area contributed by atoms with Gasteiger partial charge < -0.3 is 8.83 Å². The number of fused-ring (bicyclic) bond motifs is 16. The molecule has 116 heavy (non-hydrogen) atoms. The Bertz CT molecular complexity index is 7060. The van der Waals surface area contributed by atoms with Crippen LogP contribution in [0.5, 0.6) is 0 Å². The lowest BCUT2D eigenvalue weighted by Crippen LogP contribution is -2.27. The standard InChI is InChI=1S/C57H41N3O.C51H37N3O/c1-3-15-37(16-4-1)38-17-12-21-42(34-38)54-58-55(60-56(59-54)44-29-30-47-46-23-6-8-28-51(46)61-52(47)36-44)43-22-13-19-40(35-43)39-18-11-20-41(33-39)45-25-14-27-50-53(45)48-24-5-7-26-49(48)57(50)31-9-2-10-32-57;1-3-15-33(16-4-1)48-52-49(54-50(53-48)42-25-13-24-40-39-21-6-8-28-45(39)55-47(40)42)37-20-12-18-35(32-37)34-17-11-19-36(31-34)38-23-14-27-44-46(38)41-22-5-7-26-43(41)51(44)29-9-2-10-30-51/h1,3-8,11-30,33-36H,2,9-10,31-32H2;1,3-8,11-28,31-32H,2,9-10,29-30H2. The van der Waals surface area contributed by atoms with E-state index in [1.807, 2.05) is 78.9 Å². The summed E-state index contributed by atoms with van der Waals surface area (Å²) in [7, 11) is 0. The van der Waals surface area contributed by atoms with Crippen LogP contribution in [-0.2, 0) is 10.8 Å². The van der Waals surface area contributed by atoms with Crippen LogP contribution in [-0.4, -0.2) is 29.9 Å². The van der Waals surface area contributed by atoms with Crippen molar-refractivity contribution in [3.05, 3.63) is 374 Å². The van der Waals surface area contributed by atoms with Crippen molar-refractivity contribution < 1.29 is 8.83 Å². The van der Waals surface area contributed by atoms with Crippen LogP contribution in [0.15, 0.2) is 361 Å². The molecule has 4 heterocycles. The Morgan fingerprint density at radius 2 is 0.509 bits per heavy atom. The molecule has 4 aliphatic carbocycles. The Morgan fingerprint density at radius 3 is 1.02 bits per heavy atom. The summed E-state index contributed by atoms with van der Waals surface area (Å²) in [5.74, 6) is 3.64. The zero-order chi connectivity index (χ0) is 76.7. The van der Waals surface area contributed by atoms with Gasteiger partial charge in [0.25, 0.3) is 0 Å². The average molecular weight is 1490 g/mol. The molecule has 2 spiro atoms. The maximum absolute atomic E-state index is 6.43. The molecule has 0 amide bonds. The van der Waals surface area contributed by atoms with E-state index in [4.69, 9.17) is 38.7 Å². The normalized spacial score (nSPS) is 14.2. The number of benzene rings is 15. The predicted octanol–water partition coefficient (Wildman–Crippen LogP) is 28.3. The fourth-order valence-electron chi connectivity index (χ4n) is 19.6. The molecule has 0 atom stereocenters. The molecule has 4 aromatic heterocycles. The third-order valence-corrected chi connectivity index (χ3v) is 25.1. The highest BCUT2D eigenvalue weighted by Crippen LogP contribution is 2.60. The molecule has 19 aromatic rings. The maximum atomic E-state index is 6.43. The molecular formula is C108H78N6O2. The molecule has 8 nitrogen and oxygen atoms in total. The van der Waals surface area contributed by atoms with Gasteiger partial charge in [-0.25, -0.2) is 29.9 Å². The van der Waals surface area contributed by atoms with Gasteiger partial charge in [0.05, 0.1) is 5.56 Å². The second-order valence-corrected chi connectivity index (χ2v) is 31.7. The van der Waals surface area contributed by atoms with Crippen molar-refractivity contribution in [3.8, 4) is 146 Å². The lowest BCUT2D eigenvalue weighted by atomic mass is 9.68. The van der Waals surface area contributed by atoms with Gasteiger partial charge in [0, 0.05) is 60.2 Å². The molecule has 0 unspecified atom stereocenters. The van der Waals surface area contributed by atoms with Gasteiger partial charge in [-0.05, 0) is 186 Å². The SMILES string of the molecule is c1ccc(-c2cccc(-c3nc(-c4cccc(-c5cccc(-c6cccc7c6-c6ccccc6C76CCCCC6)c5)c4)nc(-c4ccc5c(c4)oc4ccccc45)n3)c2)cc1.c1ccc(-c2nc(-c3cccc(-c4cccc(-c5cccc6c5-c5ccccc5C65CCCCC5)c4)c3)nc(-c3cccc4c3oc3ccccc34)n2)cc1. The van der Waals surface area contributed by atoms with E-state index in [0.29, 0.717) is 34.9 Å². The summed E-state index contributed by atoms with van der Waals surface area (Å²) in [6.45, 7) is 0. The van der Waals surface area contributed by atoms with Gasteiger partial charge in [0.1, 0.15) is 22.3 Å². The third-order valence-electron chi connectivity index (χ3n) is 25.1. The van der Waals surface area contributed by atoms with Crippen molar-refractivity contribution in [1.29, 1.82) is 0 Å². The first-order valence-electron chi connectivity index (χ1n) is 40.9. The van der Waals surface area contributed by atoms with Crippen molar-refractivity contribution in [2.24, 2.45) is 0 Å². The van der Waals surface area contributed by atoms with Crippen LogP contribution in [0.4, 0.5) is 0 Å². The molecule has 2 saturated carbocycles. The topological polar surface area (TPSA) is 104 Å². The summed E-state index contributed by atoms with van der Waals surface area (Å²) >= 11 is 0. The molecule has 0 radical (unpaired) electrons. The zero-order valence-corrected chi connectivity index (χ0v) is 64.1. The van der Waals surface area contributed by atoms with E-state index >= 15 is 0 Å². The van der Waals surface area contributed by atoms with Crippen molar-refractivity contribution in [2.75, 3.05) is 0 Å². The molecule has 0 bridgehead atoms. The number of hydrogen-bond donors (Lipinski definition) is 0. The average Bonchev–Trinajstić information content (AvgIpc) is 1.56. The van der Waals surface area contributed by atoms with Crippen LogP contribution in [0.25, 0.3) is 190 Å². The molecule has 23 rings (SSSR count). The molecule has 0 saturated heterocycles. The lowest BCUT2D eigenvalue weighted by molar-refractivity contribution is 0.353. The van der Waals surface area contributed by atoms with E-state index in [9.17, 15) is 0 Å². The van der Waals surface area contributed by atoms with Crippen LogP contribution < -0.4 is 0 Å². The summed E-state index contributed by atoms with van der Waals surface area (Å²) in [5.41, 5.74) is 32.4. The Labute approximate surface area is 673 Å². The van der Waals surface area contributed by atoms with Crippen molar-refractivity contribution >= 4 is 43.9 Å². The molecule has 0 aliphatic heterocycles. The summed E-state index contributed by atoms with van der Waals surface area (Å²) in [6, 6.07) is 125. The first-order valence-corrected chi connectivity index (χ1v) is 40.9. The second kappa shape index (κ2) is 28.5. The number of nitrogens with zero attached hydrogens (tertiary/aromatic N) is 6. The molecule has 8 heteroatoms. The quantitative estimate of drug-likeness (QED) is 0.126. The highest BCUT2D eigenvalue weighted by Gasteiger charge is 2.46. The van der Waals surface area contributed by atoms with Crippen molar-refractivity contribution in [2.45, 2.75) is 75.0 Å². The van der Waals surface area contributed by atoms with Gasteiger partial charge in [-0.15, -0.1) is 0 Å². The van der Waals surface area contributed by atoms with E-state index in [-0.39, 0.29) is 10.8 Å². The first-order chi connectivity index (χ1) is 57.4. The van der Waals surface area contributed by atoms with E-state index in [2.05, 4.69) is 273 Å². The molecule has 2 fully saturated rings. The lowest BCUT2D eigenvalue weighted by Gasteiger charge is -2.36. The van der Waals surface area contributed by atoms with Gasteiger partial charge in [-0.3, -0.25) is 0 Å². The Kier molecular flexibility index (Phi) is 16.9. The maximum Gasteiger partial charge on any atom is 0.167 e. The summed E-state index contributed by atoms with van der Waals surface area (Å²) in [4.78, 5) is 30.7. The largest absolute Gasteiger partial charge is 0.456 e. The van der Waals surface area contributed by atoms with Gasteiger partial charge in [-0.1, -0.05) is 330 Å². The van der Waals surface area contributed by atoms with E-state index in [0.717, 1.165) is 111 Å². The van der Waals surface area contributed by atoms with E-state index < -0.39 is 0 Å². The second-order valence-electron chi connectivity index (χ2n) is 31.7. The molecule has 0 N–H and O–H groups in total. The first kappa shape index (κ1) is 68.7. The minimum atomic E-state index is 0.120. The van der Waals surface area contributed by atoms with Gasteiger partial charge in [0.15, 0.2) is 34.9 Å². The minimum absolute atomic E-state index is 0.120. The Hall–Kier alpha value is -14.1. The molecule has 15 aromatic carbocycles. The van der Waals surface area contributed by atoms with Crippen LogP contribution in [0.2, 0.25) is 0 Å². The number of hydrogen-bond acceptors (Lipinski definition) is 8. The minimum Gasteiger partial charge on any atom is -0.456 e. The third kappa shape index (κ3) is 11.9. The van der Waals surface area contributed by atoms with Crippen LogP contribution in [0.3, 0.4) is 0 Å². The monoisotopic (exact) mass is 1490 g/mol. The van der Waals surface area contributed by atoms with Crippen LogP contribution in [0.1, 0.15) is 86.5 Å². The van der Waals surface area contributed by atoms with Crippen molar-refractivity contribution in [3.63, 3.8) is 0 Å². The summed E-state index contributed by atoms with van der Waals surface area (Å²) in [6.07, 6.45) is 12.7. The fourth-order valence-corrected chi connectivity index (χ4v) is 19.6. The zero-order valence-electron chi connectivity index (χ0n) is 64.1. The number of aromatic nitrogens is 6. The highest BCUT2D eigenvalue weighted by molar-refractivity contribution is 6.09. The highest BCUT2D eigenvalue weighted by atomic mass is 16.3. The van der Waals surface area contributed by atoms with E-state index in [1.165, 1.54) is 131 Å². The van der Waals surface area contributed by atoms with E-state index in [1.54, 1.807) is 0 Å². The Morgan fingerprint density at radius 1 is 0.190 bits per heavy atom. The molecular weight excluding hydrogens is 1410 g/mol. The van der Waals surface area contributed by atoms with Crippen molar-refractivity contribution in [1.82, 2.24) is 29.9 Å². The number of rotatable bonds is 11. The van der Waals surface area contributed by atoms with Crippen LogP contribution in [0, 0.1) is 0 Å². The summed E-state index contributed by atoms with van der Waals surface area (Å²) < 4.78 is 12.7.